The molecule has 0 aromatic carbocycles. The van der Waals surface area contributed by atoms with E-state index in [0.29, 0.717) is 6.04 Å². The monoisotopic (exact) mass is 171 g/mol. The molecule has 2 heteroatoms. The molecule has 1 rings (SSSR count). The molecule has 72 valence electrons. The molecule has 0 bridgehead atoms. The number of rotatable bonds is 3. The van der Waals surface area contributed by atoms with Gasteiger partial charge in [0.25, 0.3) is 0 Å². The molecule has 0 aromatic rings. The molecule has 1 aliphatic rings. The van der Waals surface area contributed by atoms with Crippen LogP contribution in [0.1, 0.15) is 39.5 Å². The summed E-state index contributed by atoms with van der Waals surface area (Å²) in [6, 6.07) is 0.656. The van der Waals surface area contributed by atoms with Crippen molar-refractivity contribution >= 4 is 0 Å². The normalized spacial score (nSPS) is 33.2. The fraction of sp³-hybridized carbons (Fsp3) is 1.00. The van der Waals surface area contributed by atoms with Crippen LogP contribution in [0.15, 0.2) is 0 Å². The van der Waals surface area contributed by atoms with Gasteiger partial charge >= 0.3 is 0 Å². The van der Waals surface area contributed by atoms with Gasteiger partial charge in [0, 0.05) is 12.6 Å². The molecule has 2 unspecified atom stereocenters. The second kappa shape index (κ2) is 4.83. The number of hydrogen-bond donors (Lipinski definition) is 2. The summed E-state index contributed by atoms with van der Waals surface area (Å²) in [5, 5.41) is 12.5. The molecular formula is C10H21NO. The van der Waals surface area contributed by atoms with Gasteiger partial charge in [0.05, 0.1) is 6.10 Å². The van der Waals surface area contributed by atoms with Crippen molar-refractivity contribution in [1.29, 1.82) is 0 Å². The lowest BCUT2D eigenvalue weighted by Gasteiger charge is -2.28. The van der Waals surface area contributed by atoms with E-state index in [1.54, 1.807) is 0 Å². The summed E-state index contributed by atoms with van der Waals surface area (Å²) in [5.74, 6) is 0.866. The molecule has 12 heavy (non-hydrogen) atoms. The van der Waals surface area contributed by atoms with Crippen molar-refractivity contribution in [2.45, 2.75) is 51.7 Å². The maximum Gasteiger partial charge on any atom is 0.0636 e. The zero-order chi connectivity index (χ0) is 8.97. The molecule has 1 aliphatic carbocycles. The largest absolute Gasteiger partial charge is 0.392 e. The SMILES string of the molecule is CC1CCCC(NC[C@H](C)O)C1. The first-order chi connectivity index (χ1) is 5.68. The first kappa shape index (κ1) is 10.0. The van der Waals surface area contributed by atoms with Crippen molar-refractivity contribution in [3.63, 3.8) is 0 Å². The Hall–Kier alpha value is -0.0800. The Morgan fingerprint density at radius 3 is 2.83 bits per heavy atom. The van der Waals surface area contributed by atoms with E-state index >= 15 is 0 Å². The van der Waals surface area contributed by atoms with Crippen LogP contribution in [0.4, 0.5) is 0 Å². The Morgan fingerprint density at radius 2 is 2.25 bits per heavy atom. The van der Waals surface area contributed by atoms with Crippen LogP contribution in [-0.4, -0.2) is 23.8 Å². The maximum absolute atomic E-state index is 9.09. The molecule has 0 spiro atoms. The van der Waals surface area contributed by atoms with E-state index in [1.165, 1.54) is 25.7 Å². The molecular weight excluding hydrogens is 150 g/mol. The molecule has 1 fully saturated rings. The van der Waals surface area contributed by atoms with E-state index in [-0.39, 0.29) is 6.10 Å². The van der Waals surface area contributed by atoms with Crippen LogP contribution in [0.3, 0.4) is 0 Å². The van der Waals surface area contributed by atoms with Crippen LogP contribution in [0.5, 0.6) is 0 Å². The van der Waals surface area contributed by atoms with Crippen LogP contribution in [-0.2, 0) is 0 Å². The van der Waals surface area contributed by atoms with Gasteiger partial charge in [0.1, 0.15) is 0 Å². The number of aliphatic hydroxyl groups is 1. The smallest absolute Gasteiger partial charge is 0.0636 e. The van der Waals surface area contributed by atoms with Gasteiger partial charge in [-0.3, -0.25) is 0 Å². The third-order valence-corrected chi connectivity index (χ3v) is 2.64. The minimum atomic E-state index is -0.206. The molecule has 2 N–H and O–H groups in total. The zero-order valence-electron chi connectivity index (χ0n) is 8.21. The van der Waals surface area contributed by atoms with E-state index in [9.17, 15) is 0 Å². The van der Waals surface area contributed by atoms with Gasteiger partial charge in [-0.1, -0.05) is 19.8 Å². The lowest BCUT2D eigenvalue weighted by atomic mass is 9.87. The lowest BCUT2D eigenvalue weighted by molar-refractivity contribution is 0.177. The Morgan fingerprint density at radius 1 is 1.50 bits per heavy atom. The molecule has 0 aliphatic heterocycles. The van der Waals surface area contributed by atoms with E-state index in [2.05, 4.69) is 12.2 Å². The van der Waals surface area contributed by atoms with Gasteiger partial charge in [-0.2, -0.15) is 0 Å². The molecule has 0 radical (unpaired) electrons. The second-order valence-electron chi connectivity index (χ2n) is 4.23. The maximum atomic E-state index is 9.09. The third-order valence-electron chi connectivity index (χ3n) is 2.64. The Kier molecular flexibility index (Phi) is 4.02. The van der Waals surface area contributed by atoms with Gasteiger partial charge in [0.15, 0.2) is 0 Å². The van der Waals surface area contributed by atoms with Crippen molar-refractivity contribution < 1.29 is 5.11 Å². The predicted octanol–water partition coefficient (Wildman–Crippen LogP) is 1.54. The lowest BCUT2D eigenvalue weighted by Crippen LogP contribution is -2.37. The fourth-order valence-corrected chi connectivity index (χ4v) is 1.96. The highest BCUT2D eigenvalue weighted by molar-refractivity contribution is 4.76. The first-order valence-electron chi connectivity index (χ1n) is 5.10. The van der Waals surface area contributed by atoms with Crippen LogP contribution < -0.4 is 5.32 Å². The topological polar surface area (TPSA) is 32.3 Å². The second-order valence-corrected chi connectivity index (χ2v) is 4.23. The van der Waals surface area contributed by atoms with Gasteiger partial charge in [-0.15, -0.1) is 0 Å². The number of aliphatic hydroxyl groups excluding tert-OH is 1. The summed E-state index contributed by atoms with van der Waals surface area (Å²) >= 11 is 0. The third kappa shape index (κ3) is 3.55. The highest BCUT2D eigenvalue weighted by atomic mass is 16.3. The quantitative estimate of drug-likeness (QED) is 0.675. The first-order valence-corrected chi connectivity index (χ1v) is 5.10. The molecule has 1 saturated carbocycles. The van der Waals surface area contributed by atoms with E-state index < -0.39 is 0 Å². The molecule has 0 saturated heterocycles. The highest BCUT2D eigenvalue weighted by Crippen LogP contribution is 2.23. The summed E-state index contributed by atoms with van der Waals surface area (Å²) in [6.07, 6.45) is 5.09. The van der Waals surface area contributed by atoms with E-state index in [4.69, 9.17) is 5.11 Å². The Bertz CT molecular complexity index is 125. The minimum absolute atomic E-state index is 0.206. The summed E-state index contributed by atoms with van der Waals surface area (Å²) in [7, 11) is 0. The average Bonchev–Trinajstić information content (AvgIpc) is 2.01. The van der Waals surface area contributed by atoms with Gasteiger partial charge in [0.2, 0.25) is 0 Å². The average molecular weight is 171 g/mol. The van der Waals surface area contributed by atoms with Gasteiger partial charge in [-0.25, -0.2) is 0 Å². The zero-order valence-corrected chi connectivity index (χ0v) is 8.21. The van der Waals surface area contributed by atoms with E-state index in [0.717, 1.165) is 12.5 Å². The van der Waals surface area contributed by atoms with Crippen LogP contribution in [0.2, 0.25) is 0 Å². The molecule has 0 heterocycles. The summed E-state index contributed by atoms with van der Waals surface area (Å²) in [5.41, 5.74) is 0. The van der Waals surface area contributed by atoms with Crippen molar-refractivity contribution in [3.8, 4) is 0 Å². The van der Waals surface area contributed by atoms with E-state index in [1.807, 2.05) is 6.92 Å². The Labute approximate surface area is 75.4 Å². The summed E-state index contributed by atoms with van der Waals surface area (Å²) < 4.78 is 0. The fourth-order valence-electron chi connectivity index (χ4n) is 1.96. The van der Waals surface area contributed by atoms with Crippen molar-refractivity contribution in [2.24, 2.45) is 5.92 Å². The van der Waals surface area contributed by atoms with Crippen molar-refractivity contribution in [3.05, 3.63) is 0 Å². The summed E-state index contributed by atoms with van der Waals surface area (Å²) in [6.45, 7) is 4.90. The van der Waals surface area contributed by atoms with Gasteiger partial charge < -0.3 is 10.4 Å². The Balaban J connectivity index is 2.14. The standard InChI is InChI=1S/C10H21NO/c1-8-4-3-5-10(6-8)11-7-9(2)12/h8-12H,3-7H2,1-2H3/t8?,9-,10?/m0/s1. The van der Waals surface area contributed by atoms with Gasteiger partial charge in [-0.05, 0) is 25.7 Å². The molecule has 2 nitrogen and oxygen atoms in total. The molecule has 3 atom stereocenters. The van der Waals surface area contributed by atoms with Crippen molar-refractivity contribution in [2.75, 3.05) is 6.54 Å². The van der Waals surface area contributed by atoms with Crippen LogP contribution in [0, 0.1) is 5.92 Å². The van der Waals surface area contributed by atoms with Crippen LogP contribution >= 0.6 is 0 Å². The number of nitrogens with one attached hydrogen (secondary N) is 1. The van der Waals surface area contributed by atoms with Crippen molar-refractivity contribution in [1.82, 2.24) is 5.32 Å². The predicted molar refractivity (Wildman–Crippen MR) is 51.1 cm³/mol. The molecule has 0 amide bonds. The summed E-state index contributed by atoms with van der Waals surface area (Å²) in [4.78, 5) is 0. The highest BCUT2D eigenvalue weighted by Gasteiger charge is 2.18. The number of hydrogen-bond acceptors (Lipinski definition) is 2. The minimum Gasteiger partial charge on any atom is -0.392 e. The molecule has 0 aromatic heterocycles. The van der Waals surface area contributed by atoms with Crippen LogP contribution in [0.25, 0.3) is 0 Å².